The van der Waals surface area contributed by atoms with Crippen LogP contribution < -0.4 is 0 Å². The minimum atomic E-state index is 0.975. The Balaban J connectivity index is 0.000000771. The van der Waals surface area contributed by atoms with Crippen LogP contribution >= 0.6 is 0 Å². The largest absolute Gasteiger partial charge is 0.272 e. The number of aryl methyl sites for hydroxylation is 3. The summed E-state index contributed by atoms with van der Waals surface area (Å²) in [6.45, 7) is 11.2. The Hall–Kier alpha value is -1.64. The summed E-state index contributed by atoms with van der Waals surface area (Å²) in [4.78, 5) is 4.38. The maximum atomic E-state index is 4.38. The van der Waals surface area contributed by atoms with E-state index in [0.29, 0.717) is 0 Å². The van der Waals surface area contributed by atoms with E-state index in [1.807, 2.05) is 38.6 Å². The molecule has 2 rings (SSSR count). The van der Waals surface area contributed by atoms with Gasteiger partial charge in [-0.25, -0.2) is 0 Å². The van der Waals surface area contributed by atoms with Crippen LogP contribution in [0.4, 0.5) is 0 Å². The summed E-state index contributed by atoms with van der Waals surface area (Å²) in [5.74, 6) is 0. The zero-order chi connectivity index (χ0) is 13.5. The Kier molecular flexibility index (Phi) is 5.56. The third kappa shape index (κ3) is 3.69. The molecule has 0 fully saturated rings. The summed E-state index contributed by atoms with van der Waals surface area (Å²) in [7, 11) is 0. The molecule has 0 bridgehead atoms. The molecule has 2 heterocycles. The van der Waals surface area contributed by atoms with E-state index in [4.69, 9.17) is 0 Å². The zero-order valence-corrected chi connectivity index (χ0v) is 12.1. The molecule has 0 N–H and O–H groups in total. The molecule has 0 aliphatic rings. The fourth-order valence-corrected chi connectivity index (χ4v) is 1.87. The van der Waals surface area contributed by atoms with Gasteiger partial charge >= 0.3 is 0 Å². The first kappa shape index (κ1) is 14.4. The monoisotopic (exact) mass is 245 g/mol. The van der Waals surface area contributed by atoms with Gasteiger partial charge < -0.3 is 0 Å². The Labute approximate surface area is 110 Å². The van der Waals surface area contributed by atoms with Gasteiger partial charge in [0, 0.05) is 29.7 Å². The van der Waals surface area contributed by atoms with E-state index in [0.717, 1.165) is 24.4 Å². The third-order valence-corrected chi connectivity index (χ3v) is 2.50. The summed E-state index contributed by atoms with van der Waals surface area (Å²) in [6.07, 6.45) is 5.12. The Morgan fingerprint density at radius 1 is 1.06 bits per heavy atom. The normalized spacial score (nSPS) is 9.83. The van der Waals surface area contributed by atoms with Gasteiger partial charge in [-0.05, 0) is 38.0 Å². The predicted molar refractivity (Wildman–Crippen MR) is 76.6 cm³/mol. The van der Waals surface area contributed by atoms with Crippen LogP contribution in [0.25, 0.3) is 11.1 Å². The van der Waals surface area contributed by atoms with Crippen LogP contribution in [0.3, 0.4) is 0 Å². The zero-order valence-electron chi connectivity index (χ0n) is 12.1. The quantitative estimate of drug-likeness (QED) is 0.818. The van der Waals surface area contributed by atoms with Crippen molar-refractivity contribution in [3.63, 3.8) is 0 Å². The SMILES string of the molecule is CC.CCCn1cc(-c2cc(C)nc(C)c2)cn1. The summed E-state index contributed by atoms with van der Waals surface area (Å²) >= 11 is 0. The second-order valence-electron chi connectivity index (χ2n) is 4.13. The standard InChI is InChI=1S/C13H17N3.C2H6/c1-4-5-16-9-13(8-14-16)12-6-10(2)15-11(3)7-12;1-2/h6-9H,4-5H2,1-3H3;1-2H3. The summed E-state index contributed by atoms with van der Waals surface area (Å²) in [5.41, 5.74) is 4.48. The number of rotatable bonds is 3. The highest BCUT2D eigenvalue weighted by Gasteiger charge is 2.03. The molecular formula is C15H23N3. The van der Waals surface area contributed by atoms with Crippen molar-refractivity contribution in [3.05, 3.63) is 35.9 Å². The molecule has 2 aromatic rings. The molecular weight excluding hydrogens is 222 g/mol. The molecule has 0 atom stereocenters. The van der Waals surface area contributed by atoms with Crippen molar-refractivity contribution in [2.24, 2.45) is 0 Å². The summed E-state index contributed by atoms with van der Waals surface area (Å²) in [6, 6.07) is 4.20. The van der Waals surface area contributed by atoms with Gasteiger partial charge in [0.1, 0.15) is 0 Å². The molecule has 2 aromatic heterocycles. The van der Waals surface area contributed by atoms with Crippen molar-refractivity contribution in [1.82, 2.24) is 14.8 Å². The molecule has 0 saturated carbocycles. The molecule has 3 heteroatoms. The Morgan fingerprint density at radius 3 is 2.22 bits per heavy atom. The molecule has 0 amide bonds. The highest BCUT2D eigenvalue weighted by molar-refractivity contribution is 5.62. The Bertz CT molecular complexity index is 466. The molecule has 0 aliphatic heterocycles. The second-order valence-corrected chi connectivity index (χ2v) is 4.13. The van der Waals surface area contributed by atoms with Crippen molar-refractivity contribution in [2.75, 3.05) is 0 Å². The molecule has 18 heavy (non-hydrogen) atoms. The number of aromatic nitrogens is 3. The van der Waals surface area contributed by atoms with Crippen LogP contribution in [0.15, 0.2) is 24.5 Å². The molecule has 0 aromatic carbocycles. The predicted octanol–water partition coefficient (Wildman–Crippen LogP) is 4.00. The lowest BCUT2D eigenvalue weighted by Crippen LogP contribution is -1.95. The fraction of sp³-hybridized carbons (Fsp3) is 0.467. The van der Waals surface area contributed by atoms with Gasteiger partial charge in [0.15, 0.2) is 0 Å². The van der Waals surface area contributed by atoms with E-state index in [9.17, 15) is 0 Å². The molecule has 98 valence electrons. The number of nitrogens with zero attached hydrogens (tertiary/aromatic N) is 3. The van der Waals surface area contributed by atoms with Crippen LogP contribution in [-0.2, 0) is 6.54 Å². The summed E-state index contributed by atoms with van der Waals surface area (Å²) < 4.78 is 1.99. The highest BCUT2D eigenvalue weighted by atomic mass is 15.3. The van der Waals surface area contributed by atoms with Gasteiger partial charge in [-0.15, -0.1) is 0 Å². The van der Waals surface area contributed by atoms with E-state index >= 15 is 0 Å². The number of pyridine rings is 1. The molecule has 0 radical (unpaired) electrons. The fourth-order valence-electron chi connectivity index (χ4n) is 1.87. The minimum absolute atomic E-state index is 0.975. The second kappa shape index (κ2) is 6.94. The average Bonchev–Trinajstić information content (AvgIpc) is 2.80. The van der Waals surface area contributed by atoms with Gasteiger partial charge in [-0.2, -0.15) is 5.10 Å². The van der Waals surface area contributed by atoms with Gasteiger partial charge in [0.2, 0.25) is 0 Å². The highest BCUT2D eigenvalue weighted by Crippen LogP contribution is 2.20. The van der Waals surface area contributed by atoms with E-state index in [2.05, 4.69) is 35.3 Å². The van der Waals surface area contributed by atoms with Crippen LogP contribution in [0, 0.1) is 13.8 Å². The first-order valence-electron chi connectivity index (χ1n) is 6.67. The molecule has 0 unspecified atom stereocenters. The van der Waals surface area contributed by atoms with Crippen molar-refractivity contribution in [2.45, 2.75) is 47.6 Å². The average molecular weight is 245 g/mol. The van der Waals surface area contributed by atoms with Crippen LogP contribution in [-0.4, -0.2) is 14.8 Å². The number of hydrogen-bond acceptors (Lipinski definition) is 2. The van der Waals surface area contributed by atoms with Gasteiger partial charge in [0.05, 0.1) is 6.20 Å². The van der Waals surface area contributed by atoms with Gasteiger partial charge in [0.25, 0.3) is 0 Å². The van der Waals surface area contributed by atoms with E-state index in [1.165, 1.54) is 11.1 Å². The minimum Gasteiger partial charge on any atom is -0.272 e. The van der Waals surface area contributed by atoms with Crippen LogP contribution in [0.5, 0.6) is 0 Å². The third-order valence-electron chi connectivity index (χ3n) is 2.50. The smallest absolute Gasteiger partial charge is 0.0568 e. The van der Waals surface area contributed by atoms with Crippen molar-refractivity contribution in [1.29, 1.82) is 0 Å². The lowest BCUT2D eigenvalue weighted by molar-refractivity contribution is 0.603. The van der Waals surface area contributed by atoms with Crippen LogP contribution in [0.1, 0.15) is 38.6 Å². The molecule has 0 aliphatic carbocycles. The van der Waals surface area contributed by atoms with Crippen molar-refractivity contribution < 1.29 is 0 Å². The van der Waals surface area contributed by atoms with Crippen molar-refractivity contribution in [3.8, 4) is 11.1 Å². The van der Waals surface area contributed by atoms with E-state index in [-0.39, 0.29) is 0 Å². The van der Waals surface area contributed by atoms with E-state index < -0.39 is 0 Å². The first-order valence-corrected chi connectivity index (χ1v) is 6.67. The molecule has 0 saturated heterocycles. The Morgan fingerprint density at radius 2 is 1.67 bits per heavy atom. The van der Waals surface area contributed by atoms with Crippen LogP contribution in [0.2, 0.25) is 0 Å². The maximum absolute atomic E-state index is 4.38. The molecule has 3 nitrogen and oxygen atoms in total. The van der Waals surface area contributed by atoms with Gasteiger partial charge in [-0.1, -0.05) is 20.8 Å². The lowest BCUT2D eigenvalue weighted by Gasteiger charge is -2.01. The van der Waals surface area contributed by atoms with Gasteiger partial charge in [-0.3, -0.25) is 9.67 Å². The van der Waals surface area contributed by atoms with Crippen molar-refractivity contribution >= 4 is 0 Å². The molecule has 0 spiro atoms. The van der Waals surface area contributed by atoms with E-state index in [1.54, 1.807) is 0 Å². The maximum Gasteiger partial charge on any atom is 0.0568 e. The topological polar surface area (TPSA) is 30.7 Å². The lowest BCUT2D eigenvalue weighted by atomic mass is 10.1. The number of hydrogen-bond donors (Lipinski definition) is 0. The first-order chi connectivity index (χ1) is 8.69. The summed E-state index contributed by atoms with van der Waals surface area (Å²) in [5, 5.41) is 4.34.